The molecule has 3 atom stereocenters. The normalized spacial score (nSPS) is 19.2. The molecule has 170 valence electrons. The number of carbonyl (C=O) groups excluding carboxylic acids is 1. The summed E-state index contributed by atoms with van der Waals surface area (Å²) in [5.41, 5.74) is 0.757. The number of aromatic nitrogens is 2. The highest BCUT2D eigenvalue weighted by atomic mass is 79.9. The second-order valence-corrected chi connectivity index (χ2v) is 8.92. The van der Waals surface area contributed by atoms with Gasteiger partial charge in [-0.05, 0) is 68.6 Å². The number of alkyl halides is 3. The number of anilines is 2. The van der Waals surface area contributed by atoms with Crippen molar-refractivity contribution in [3.8, 4) is 0 Å². The molecule has 0 spiro atoms. The first-order valence-corrected chi connectivity index (χ1v) is 11.1. The predicted molar refractivity (Wildman–Crippen MR) is 117 cm³/mol. The van der Waals surface area contributed by atoms with E-state index in [0.717, 1.165) is 4.68 Å². The van der Waals surface area contributed by atoms with E-state index in [1.54, 1.807) is 43.3 Å². The molecule has 0 radical (unpaired) electrons. The molecule has 7 nitrogen and oxygen atoms in total. The maximum atomic E-state index is 13.9. The molecule has 0 aliphatic carbocycles. The number of amides is 1. The summed E-state index contributed by atoms with van der Waals surface area (Å²) in [5.74, 6) is -0.341. The molecule has 1 amide bonds. The zero-order valence-corrected chi connectivity index (χ0v) is 19.6. The largest absolute Gasteiger partial charge is 0.452 e. The highest BCUT2D eigenvalue weighted by molar-refractivity contribution is 9.10. The highest BCUT2D eigenvalue weighted by Crippen LogP contribution is 2.46. The lowest BCUT2D eigenvalue weighted by Gasteiger charge is -2.32. The van der Waals surface area contributed by atoms with E-state index in [1.807, 2.05) is 0 Å². The number of furan rings is 1. The topological polar surface area (TPSA) is 92.3 Å². The number of nitrogens with one attached hydrogen (secondary N) is 2. The van der Waals surface area contributed by atoms with Crippen LogP contribution in [0.2, 0.25) is 0 Å². The number of hydrogen-bond donors (Lipinski definition) is 3. The number of fused-ring (bicyclic) bond motifs is 1. The smallest absolute Gasteiger partial charge is 0.410 e. The van der Waals surface area contributed by atoms with Crippen molar-refractivity contribution in [3.63, 3.8) is 0 Å². The Morgan fingerprint density at radius 3 is 2.72 bits per heavy atom. The number of rotatable bonds is 4. The zero-order valence-electron chi connectivity index (χ0n) is 16.5. The van der Waals surface area contributed by atoms with Crippen LogP contribution in [0.15, 0.2) is 50.0 Å². The molecular weight excluding hydrogens is 561 g/mol. The van der Waals surface area contributed by atoms with Crippen molar-refractivity contribution in [1.82, 2.24) is 9.78 Å². The van der Waals surface area contributed by atoms with E-state index in [-0.39, 0.29) is 22.4 Å². The van der Waals surface area contributed by atoms with E-state index in [9.17, 15) is 23.1 Å². The van der Waals surface area contributed by atoms with Crippen LogP contribution in [0.5, 0.6) is 0 Å². The van der Waals surface area contributed by atoms with Gasteiger partial charge in [-0.15, -0.1) is 0 Å². The molecule has 1 aliphatic rings. The first-order valence-electron chi connectivity index (χ1n) is 9.50. The Labute approximate surface area is 197 Å². The van der Waals surface area contributed by atoms with E-state index in [4.69, 9.17) is 4.42 Å². The Morgan fingerprint density at radius 1 is 1.34 bits per heavy atom. The molecule has 12 heteroatoms. The van der Waals surface area contributed by atoms with Crippen molar-refractivity contribution in [2.24, 2.45) is 0 Å². The molecule has 0 saturated heterocycles. The fourth-order valence-electron chi connectivity index (χ4n) is 3.50. The maximum Gasteiger partial charge on any atom is 0.410 e. The van der Waals surface area contributed by atoms with Gasteiger partial charge in [-0.3, -0.25) is 4.79 Å². The lowest BCUT2D eigenvalue weighted by Crippen LogP contribution is -2.35. The fourth-order valence-corrected chi connectivity index (χ4v) is 4.38. The molecule has 4 rings (SSSR count). The van der Waals surface area contributed by atoms with E-state index in [0.29, 0.717) is 21.7 Å². The summed E-state index contributed by atoms with van der Waals surface area (Å²) in [4.78, 5) is 12.8. The van der Waals surface area contributed by atoms with Crippen LogP contribution in [0.4, 0.5) is 24.7 Å². The Kier molecular flexibility index (Phi) is 6.12. The number of nitrogens with zero attached hydrogens (tertiary/aromatic N) is 2. The summed E-state index contributed by atoms with van der Waals surface area (Å²) >= 11 is 6.39. The minimum atomic E-state index is -4.59. The molecule has 0 unspecified atom stereocenters. The number of halogens is 5. The van der Waals surface area contributed by atoms with Crippen LogP contribution in [0, 0.1) is 0 Å². The third-order valence-corrected chi connectivity index (χ3v) is 6.25. The molecule has 0 bridgehead atoms. The van der Waals surface area contributed by atoms with E-state index in [1.165, 1.54) is 0 Å². The molecule has 0 fully saturated rings. The van der Waals surface area contributed by atoms with Crippen molar-refractivity contribution in [1.29, 1.82) is 0 Å². The van der Waals surface area contributed by atoms with Crippen LogP contribution in [0.1, 0.15) is 53.3 Å². The summed E-state index contributed by atoms with van der Waals surface area (Å²) in [5, 5.41) is 19.3. The third-order valence-electron chi connectivity index (χ3n) is 5.08. The van der Waals surface area contributed by atoms with Crippen LogP contribution in [0.25, 0.3) is 0 Å². The van der Waals surface area contributed by atoms with Gasteiger partial charge in [0.1, 0.15) is 11.6 Å². The standard InChI is InChI=1S/C20H17Br2F3N4O3/c1-9(30)10-3-2-4-11(7-10)26-19(31)17-16(22)18-27-12(13-5-6-15(21)32-13)8-14(20(23,24)25)29(18)28-17/h2-7,9,12,14,27,30H,8H2,1H3,(H,26,31)/t9-,12-,14-/m0/s1. The SMILES string of the molecule is C[C@H](O)c1cccc(NC(=O)c2nn3c(c2Br)N[C@H](c2ccc(Br)o2)C[C@H]3C(F)(F)F)c1. The van der Waals surface area contributed by atoms with Crippen molar-refractivity contribution >= 4 is 49.3 Å². The molecule has 2 aromatic heterocycles. The van der Waals surface area contributed by atoms with Crippen LogP contribution in [0.3, 0.4) is 0 Å². The van der Waals surface area contributed by atoms with Gasteiger partial charge in [-0.2, -0.15) is 18.3 Å². The fraction of sp³-hybridized carbons (Fsp3) is 0.300. The van der Waals surface area contributed by atoms with Gasteiger partial charge in [0.05, 0.1) is 16.6 Å². The monoisotopic (exact) mass is 576 g/mol. The molecule has 3 N–H and O–H groups in total. The number of carbonyl (C=O) groups is 1. The minimum absolute atomic E-state index is 0.0268. The van der Waals surface area contributed by atoms with Gasteiger partial charge in [0.15, 0.2) is 16.4 Å². The molecule has 0 saturated carbocycles. The van der Waals surface area contributed by atoms with Crippen molar-refractivity contribution in [3.05, 3.63) is 62.6 Å². The predicted octanol–water partition coefficient (Wildman–Crippen LogP) is 5.97. The summed E-state index contributed by atoms with van der Waals surface area (Å²) in [6.07, 6.45) is -5.69. The van der Waals surface area contributed by atoms with Crippen LogP contribution in [-0.4, -0.2) is 27.0 Å². The first-order chi connectivity index (χ1) is 15.0. The average molecular weight is 578 g/mol. The first kappa shape index (κ1) is 22.9. The third kappa shape index (κ3) is 4.44. The van der Waals surface area contributed by atoms with Crippen LogP contribution >= 0.6 is 31.9 Å². The van der Waals surface area contributed by atoms with E-state index < -0.39 is 30.3 Å². The molecule has 1 aromatic carbocycles. The van der Waals surface area contributed by atoms with Gasteiger partial charge in [0.25, 0.3) is 5.91 Å². The molecule has 3 aromatic rings. The number of aliphatic hydroxyl groups excluding tert-OH is 1. The Bertz CT molecular complexity index is 1160. The zero-order chi connectivity index (χ0) is 23.2. The van der Waals surface area contributed by atoms with Gasteiger partial charge in [0, 0.05) is 12.1 Å². The summed E-state index contributed by atoms with van der Waals surface area (Å²) in [6.45, 7) is 1.58. The van der Waals surface area contributed by atoms with Crippen molar-refractivity contribution in [2.45, 2.75) is 37.7 Å². The van der Waals surface area contributed by atoms with Gasteiger partial charge in [-0.25, -0.2) is 4.68 Å². The van der Waals surface area contributed by atoms with Crippen LogP contribution in [-0.2, 0) is 0 Å². The second kappa shape index (κ2) is 8.56. The summed E-state index contributed by atoms with van der Waals surface area (Å²) in [7, 11) is 0. The van der Waals surface area contributed by atoms with Crippen molar-refractivity contribution in [2.75, 3.05) is 10.6 Å². The summed E-state index contributed by atoms with van der Waals surface area (Å²) < 4.78 is 48.3. The number of hydrogen-bond acceptors (Lipinski definition) is 5. The summed E-state index contributed by atoms with van der Waals surface area (Å²) in [6, 6.07) is 6.98. The highest BCUT2D eigenvalue weighted by Gasteiger charge is 2.48. The molecule has 3 heterocycles. The van der Waals surface area contributed by atoms with Crippen LogP contribution < -0.4 is 10.6 Å². The Hall–Kier alpha value is -2.31. The van der Waals surface area contributed by atoms with Gasteiger partial charge in [-0.1, -0.05) is 12.1 Å². The quantitative estimate of drug-likeness (QED) is 0.355. The number of aliphatic hydroxyl groups is 1. The molecular formula is C20H17Br2F3N4O3. The van der Waals surface area contributed by atoms with Gasteiger partial charge in [0.2, 0.25) is 0 Å². The number of benzene rings is 1. The maximum absolute atomic E-state index is 13.9. The van der Waals surface area contributed by atoms with Crippen molar-refractivity contribution < 1.29 is 27.5 Å². The Morgan fingerprint density at radius 2 is 2.09 bits per heavy atom. The molecule has 32 heavy (non-hydrogen) atoms. The average Bonchev–Trinajstić information content (AvgIpc) is 3.30. The van der Waals surface area contributed by atoms with E-state index in [2.05, 4.69) is 47.6 Å². The molecule has 1 aliphatic heterocycles. The van der Waals surface area contributed by atoms with Gasteiger partial charge < -0.3 is 20.2 Å². The van der Waals surface area contributed by atoms with E-state index >= 15 is 0 Å². The second-order valence-electron chi connectivity index (χ2n) is 7.34. The minimum Gasteiger partial charge on any atom is -0.452 e. The lowest BCUT2D eigenvalue weighted by molar-refractivity contribution is -0.174. The lowest BCUT2D eigenvalue weighted by atomic mass is 10.0. The Balaban J connectivity index is 1.67. The van der Waals surface area contributed by atoms with Gasteiger partial charge >= 0.3 is 6.18 Å².